The van der Waals surface area contributed by atoms with Crippen LogP contribution in [0.3, 0.4) is 0 Å². The Morgan fingerprint density at radius 3 is 3.05 bits per heavy atom. The average molecular weight is 327 g/mol. The van der Waals surface area contributed by atoms with Crippen molar-refractivity contribution >= 4 is 52.0 Å². The minimum Gasteiger partial charge on any atom is -0.340 e. The predicted octanol–water partition coefficient (Wildman–Crippen LogP) is 2.95. The molecule has 0 aliphatic rings. The van der Waals surface area contributed by atoms with E-state index in [2.05, 4.69) is 26.5 Å². The number of halogens is 2. The van der Waals surface area contributed by atoms with Crippen LogP contribution in [0.25, 0.3) is 0 Å². The molecule has 0 saturated carbocycles. The van der Waals surface area contributed by atoms with E-state index >= 15 is 0 Å². The predicted molar refractivity (Wildman–Crippen MR) is 80.8 cm³/mol. The summed E-state index contributed by atoms with van der Waals surface area (Å²) in [5.41, 5.74) is 0.571. The molecule has 2 aromatic heterocycles. The maximum atomic E-state index is 11.9. The minimum absolute atomic E-state index is 0.0606. The van der Waals surface area contributed by atoms with E-state index in [9.17, 15) is 4.79 Å². The standard InChI is InChI=1S/C12H8Cl2N4OS/c1-2-4-15-11(19)9-8(3-5-20-9)17-10-7(13)6-16-12(14)18-10/h1,3,5-6H,4H2,(H,15,19)(H,16,17,18). The van der Waals surface area contributed by atoms with E-state index in [1.54, 1.807) is 11.4 Å². The molecule has 2 aromatic rings. The molecule has 5 nitrogen and oxygen atoms in total. The number of nitrogens with zero attached hydrogens (tertiary/aromatic N) is 2. The van der Waals surface area contributed by atoms with Gasteiger partial charge in [-0.15, -0.1) is 17.8 Å². The topological polar surface area (TPSA) is 66.9 Å². The number of aromatic nitrogens is 2. The second-order valence-electron chi connectivity index (χ2n) is 3.51. The number of thiophene rings is 1. The number of nitrogens with one attached hydrogen (secondary N) is 2. The summed E-state index contributed by atoms with van der Waals surface area (Å²) in [6.45, 7) is 0.163. The Morgan fingerprint density at radius 2 is 2.30 bits per heavy atom. The van der Waals surface area contributed by atoms with Crippen LogP contribution < -0.4 is 10.6 Å². The highest BCUT2D eigenvalue weighted by atomic mass is 35.5. The summed E-state index contributed by atoms with van der Waals surface area (Å²) in [6.07, 6.45) is 6.48. The zero-order valence-corrected chi connectivity index (χ0v) is 12.3. The van der Waals surface area contributed by atoms with Crippen molar-refractivity contribution in [2.24, 2.45) is 0 Å². The first-order valence-electron chi connectivity index (χ1n) is 5.36. The minimum atomic E-state index is -0.267. The Kier molecular flexibility index (Phi) is 4.79. The number of carbonyl (C=O) groups is 1. The fraction of sp³-hybridized carbons (Fsp3) is 0.0833. The van der Waals surface area contributed by atoms with Gasteiger partial charge >= 0.3 is 0 Å². The molecule has 0 fully saturated rings. The van der Waals surface area contributed by atoms with Crippen molar-refractivity contribution in [3.05, 3.63) is 32.8 Å². The highest BCUT2D eigenvalue weighted by Crippen LogP contribution is 2.28. The van der Waals surface area contributed by atoms with Crippen molar-refractivity contribution < 1.29 is 4.79 Å². The van der Waals surface area contributed by atoms with Crippen LogP contribution in [0.2, 0.25) is 10.3 Å². The molecule has 0 saturated heterocycles. The number of amides is 1. The van der Waals surface area contributed by atoms with Crippen LogP contribution in [-0.4, -0.2) is 22.4 Å². The van der Waals surface area contributed by atoms with E-state index in [4.69, 9.17) is 29.6 Å². The zero-order chi connectivity index (χ0) is 14.5. The Morgan fingerprint density at radius 1 is 1.50 bits per heavy atom. The number of hydrogen-bond acceptors (Lipinski definition) is 5. The Balaban J connectivity index is 2.23. The Bertz CT molecular complexity index is 680. The van der Waals surface area contributed by atoms with Gasteiger partial charge in [0, 0.05) is 0 Å². The average Bonchev–Trinajstić information content (AvgIpc) is 2.88. The number of anilines is 2. The summed E-state index contributed by atoms with van der Waals surface area (Å²) in [6, 6.07) is 1.74. The Hall–Kier alpha value is -1.81. The van der Waals surface area contributed by atoms with Gasteiger partial charge < -0.3 is 10.6 Å². The lowest BCUT2D eigenvalue weighted by Gasteiger charge is -2.08. The van der Waals surface area contributed by atoms with Crippen LogP contribution in [0.4, 0.5) is 11.5 Å². The van der Waals surface area contributed by atoms with Crippen LogP contribution in [0.15, 0.2) is 17.6 Å². The largest absolute Gasteiger partial charge is 0.340 e. The summed E-state index contributed by atoms with van der Waals surface area (Å²) in [4.78, 5) is 20.1. The van der Waals surface area contributed by atoms with Gasteiger partial charge in [-0.25, -0.2) is 4.98 Å². The third kappa shape index (κ3) is 3.39. The quantitative estimate of drug-likeness (QED) is 0.669. The molecule has 0 spiro atoms. The lowest BCUT2D eigenvalue weighted by molar-refractivity contribution is 0.0963. The first-order chi connectivity index (χ1) is 9.61. The number of hydrogen-bond donors (Lipinski definition) is 2. The van der Waals surface area contributed by atoms with Crippen LogP contribution in [0.5, 0.6) is 0 Å². The van der Waals surface area contributed by atoms with E-state index in [1.165, 1.54) is 17.5 Å². The van der Waals surface area contributed by atoms with Gasteiger partial charge in [-0.1, -0.05) is 17.5 Å². The summed E-state index contributed by atoms with van der Waals surface area (Å²) in [5.74, 6) is 2.40. The molecule has 1 amide bonds. The van der Waals surface area contributed by atoms with Gasteiger partial charge in [0.1, 0.15) is 9.90 Å². The maximum Gasteiger partial charge on any atom is 0.264 e. The summed E-state index contributed by atoms with van der Waals surface area (Å²) in [5, 5.41) is 7.67. The van der Waals surface area contributed by atoms with Crippen LogP contribution in [-0.2, 0) is 0 Å². The van der Waals surface area contributed by atoms with Crippen molar-refractivity contribution in [3.8, 4) is 12.3 Å². The Labute approximate surface area is 129 Å². The lowest BCUT2D eigenvalue weighted by atomic mass is 10.3. The van der Waals surface area contributed by atoms with Crippen LogP contribution >= 0.6 is 34.5 Å². The lowest BCUT2D eigenvalue weighted by Crippen LogP contribution is -2.23. The fourth-order valence-electron chi connectivity index (χ4n) is 1.36. The summed E-state index contributed by atoms with van der Waals surface area (Å²) >= 11 is 12.9. The third-order valence-electron chi connectivity index (χ3n) is 2.19. The van der Waals surface area contributed by atoms with Crippen molar-refractivity contribution in [2.75, 3.05) is 11.9 Å². The molecule has 2 heterocycles. The van der Waals surface area contributed by atoms with Gasteiger partial charge in [0.05, 0.1) is 18.4 Å². The van der Waals surface area contributed by atoms with Gasteiger partial charge in [-0.3, -0.25) is 4.79 Å². The van der Waals surface area contributed by atoms with Crippen molar-refractivity contribution in [3.63, 3.8) is 0 Å². The molecule has 0 bridgehead atoms. The highest BCUT2D eigenvalue weighted by molar-refractivity contribution is 7.12. The first-order valence-corrected chi connectivity index (χ1v) is 6.99. The first kappa shape index (κ1) is 14.6. The smallest absolute Gasteiger partial charge is 0.264 e. The molecule has 102 valence electrons. The molecule has 8 heteroatoms. The van der Waals surface area contributed by atoms with E-state index in [-0.39, 0.29) is 17.7 Å². The molecular formula is C12H8Cl2N4OS. The van der Waals surface area contributed by atoms with E-state index in [1.807, 2.05) is 0 Å². The van der Waals surface area contributed by atoms with Gasteiger partial charge in [0.2, 0.25) is 5.28 Å². The summed E-state index contributed by atoms with van der Waals surface area (Å²) in [7, 11) is 0. The van der Waals surface area contributed by atoms with Gasteiger partial charge in [-0.05, 0) is 23.0 Å². The molecule has 0 atom stereocenters. The number of carbonyl (C=O) groups excluding carboxylic acids is 1. The molecule has 2 rings (SSSR count). The maximum absolute atomic E-state index is 11.9. The molecule has 20 heavy (non-hydrogen) atoms. The molecule has 0 radical (unpaired) electrons. The van der Waals surface area contributed by atoms with Crippen molar-refractivity contribution in [2.45, 2.75) is 0 Å². The zero-order valence-electron chi connectivity index (χ0n) is 9.98. The molecule has 0 aliphatic carbocycles. The van der Waals surface area contributed by atoms with E-state index < -0.39 is 0 Å². The van der Waals surface area contributed by atoms with Crippen molar-refractivity contribution in [1.29, 1.82) is 0 Å². The van der Waals surface area contributed by atoms with Crippen LogP contribution in [0.1, 0.15) is 9.67 Å². The fourth-order valence-corrected chi connectivity index (χ4v) is 2.39. The molecule has 0 unspecified atom stereocenters. The normalized spacial score (nSPS) is 9.85. The molecule has 0 aliphatic heterocycles. The van der Waals surface area contributed by atoms with Crippen molar-refractivity contribution in [1.82, 2.24) is 15.3 Å². The van der Waals surface area contributed by atoms with Crippen LogP contribution in [0, 0.1) is 12.3 Å². The summed E-state index contributed by atoms with van der Waals surface area (Å²) < 4.78 is 0. The number of terminal acetylenes is 1. The molecule has 0 aromatic carbocycles. The van der Waals surface area contributed by atoms with E-state index in [0.717, 1.165) is 0 Å². The van der Waals surface area contributed by atoms with Gasteiger partial charge in [0.15, 0.2) is 5.82 Å². The van der Waals surface area contributed by atoms with Gasteiger partial charge in [0.25, 0.3) is 5.91 Å². The second-order valence-corrected chi connectivity index (χ2v) is 5.17. The number of rotatable bonds is 4. The van der Waals surface area contributed by atoms with Gasteiger partial charge in [-0.2, -0.15) is 4.98 Å². The highest BCUT2D eigenvalue weighted by Gasteiger charge is 2.14. The monoisotopic (exact) mass is 326 g/mol. The van der Waals surface area contributed by atoms with E-state index in [0.29, 0.717) is 21.4 Å². The molecular weight excluding hydrogens is 319 g/mol. The SMILES string of the molecule is C#CCNC(=O)c1sccc1Nc1nc(Cl)ncc1Cl. The molecule has 2 N–H and O–H groups in total. The third-order valence-corrected chi connectivity index (χ3v) is 3.56. The second kappa shape index (κ2) is 6.57.